The van der Waals surface area contributed by atoms with Crippen molar-refractivity contribution in [3.63, 3.8) is 0 Å². The van der Waals surface area contributed by atoms with Crippen molar-refractivity contribution in [3.8, 4) is 5.75 Å². The van der Waals surface area contributed by atoms with E-state index in [2.05, 4.69) is 41.5 Å². The van der Waals surface area contributed by atoms with E-state index in [4.69, 9.17) is 9.84 Å². The van der Waals surface area contributed by atoms with Crippen LogP contribution in [0.5, 0.6) is 5.75 Å². The van der Waals surface area contributed by atoms with Crippen molar-refractivity contribution in [1.82, 2.24) is 10.6 Å². The van der Waals surface area contributed by atoms with Crippen molar-refractivity contribution in [2.24, 2.45) is 5.41 Å². The lowest BCUT2D eigenvalue weighted by atomic mass is 9.79. The second kappa shape index (κ2) is 17.5. The number of nitrogens with one attached hydrogen (secondary N) is 2. The number of benzene rings is 3. The molecule has 2 amide bonds. The van der Waals surface area contributed by atoms with E-state index in [1.165, 1.54) is 11.8 Å². The molecule has 0 saturated heterocycles. The lowest BCUT2D eigenvalue weighted by Gasteiger charge is -2.36. The van der Waals surface area contributed by atoms with Crippen LogP contribution in [0, 0.1) is 5.41 Å². The zero-order chi connectivity index (χ0) is 33.8. The van der Waals surface area contributed by atoms with Crippen molar-refractivity contribution in [2.45, 2.75) is 68.2 Å². The lowest BCUT2D eigenvalue weighted by molar-refractivity contribution is -0.138. The lowest BCUT2D eigenvalue weighted by Crippen LogP contribution is -2.43. The van der Waals surface area contributed by atoms with E-state index in [1.807, 2.05) is 36.6 Å². The summed E-state index contributed by atoms with van der Waals surface area (Å²) in [7, 11) is 0. The van der Waals surface area contributed by atoms with Gasteiger partial charge in [0.2, 0.25) is 5.91 Å². The number of unbranched alkanes of at least 4 members (excludes halogenated alkanes) is 2. The number of hydrogen-bond donors (Lipinski definition) is 3. The largest absolute Gasteiger partial charge is 0.611 e. The second-order valence-corrected chi connectivity index (χ2v) is 14.2. The minimum absolute atomic E-state index is 0.125. The average Bonchev–Trinajstić information content (AvgIpc) is 3.20. The molecule has 1 aliphatic heterocycles. The molecule has 3 N–H and O–H groups in total. The van der Waals surface area contributed by atoms with Crippen molar-refractivity contribution in [2.75, 3.05) is 36.6 Å². The molecule has 0 saturated carbocycles. The van der Waals surface area contributed by atoms with Crippen LogP contribution in [-0.4, -0.2) is 59.1 Å². The maximum absolute atomic E-state index is 14.3. The van der Waals surface area contributed by atoms with Gasteiger partial charge >= 0.3 is 5.97 Å². The summed E-state index contributed by atoms with van der Waals surface area (Å²) >= 11 is 0.159. The van der Waals surface area contributed by atoms with Crippen LogP contribution in [0.4, 0.5) is 11.4 Å². The summed E-state index contributed by atoms with van der Waals surface area (Å²) < 4.78 is 20.3. The Morgan fingerprint density at radius 3 is 2.26 bits per heavy atom. The first-order chi connectivity index (χ1) is 22.7. The zero-order valence-electron chi connectivity index (χ0n) is 27.3. The standard InChI is InChI=1S/C36H45N3O6S2/c1-4-6-18-36(19-7-5-2)24-39(27-16-12-9-13-17-27)28-20-30(46-3)29(21-31(28)47(44)25-36)45-23-32(40)38-34(26-14-10-8-11-15-26)35(43)37-22-33(41)42/h8-17,20-21,34H,4-7,18-19,22-25H2,1-3H3,(H,37,43)(H,38,40)(H,41,42). The van der Waals surface area contributed by atoms with Crippen LogP contribution >= 0.6 is 11.8 Å². The number of carbonyl (C=O) groups is 3. The highest BCUT2D eigenvalue weighted by Gasteiger charge is 2.42. The summed E-state index contributed by atoms with van der Waals surface area (Å²) in [6.45, 7) is 4.18. The molecule has 1 aliphatic rings. The molecule has 2 atom stereocenters. The number of aliphatic carboxylic acids is 1. The minimum atomic E-state index is -1.32. The second-order valence-electron chi connectivity index (χ2n) is 11.9. The highest BCUT2D eigenvalue weighted by molar-refractivity contribution is 7.98. The van der Waals surface area contributed by atoms with E-state index >= 15 is 0 Å². The Hall–Kier alpha value is -3.67. The Morgan fingerprint density at radius 1 is 1.02 bits per heavy atom. The first-order valence-electron chi connectivity index (χ1n) is 16.1. The Labute approximate surface area is 285 Å². The van der Waals surface area contributed by atoms with Crippen LogP contribution in [0.25, 0.3) is 0 Å². The molecule has 252 valence electrons. The summed E-state index contributed by atoms with van der Waals surface area (Å²) in [4.78, 5) is 40.8. The van der Waals surface area contributed by atoms with Crippen molar-refractivity contribution >= 4 is 52.1 Å². The van der Waals surface area contributed by atoms with Gasteiger partial charge in [-0.3, -0.25) is 14.4 Å². The molecule has 2 unspecified atom stereocenters. The molecule has 1 heterocycles. The Bertz CT molecular complexity index is 1480. The number of thioether (sulfide) groups is 1. The van der Waals surface area contributed by atoms with Gasteiger partial charge in [0.05, 0.1) is 10.6 Å². The Balaban J connectivity index is 1.63. The number of rotatable bonds is 16. The third kappa shape index (κ3) is 9.68. The van der Waals surface area contributed by atoms with E-state index in [9.17, 15) is 18.9 Å². The van der Waals surface area contributed by atoms with Crippen LogP contribution < -0.4 is 20.3 Å². The van der Waals surface area contributed by atoms with Gasteiger partial charge in [0, 0.05) is 23.7 Å². The number of nitrogens with zero attached hydrogens (tertiary/aromatic N) is 1. The SMILES string of the molecule is CCCCC1(CCCC)CN(c2ccccc2)c2cc(SC)c(OCC(=O)NC(C(=O)NCC(=O)O)c3ccccc3)cc2[S+]([O-])C1. The molecule has 9 nitrogen and oxygen atoms in total. The van der Waals surface area contributed by atoms with Crippen molar-refractivity contribution < 1.29 is 28.8 Å². The Kier molecular flexibility index (Phi) is 13.4. The number of ether oxygens (including phenoxy) is 1. The first-order valence-corrected chi connectivity index (χ1v) is 18.6. The number of carboxylic acid groups (broad SMARTS) is 1. The minimum Gasteiger partial charge on any atom is -0.611 e. The molecule has 4 rings (SSSR count). The van der Waals surface area contributed by atoms with Gasteiger partial charge in [-0.25, -0.2) is 0 Å². The van der Waals surface area contributed by atoms with E-state index < -0.39 is 48.2 Å². The molecule has 11 heteroatoms. The van der Waals surface area contributed by atoms with Gasteiger partial charge in [-0.05, 0) is 54.0 Å². The van der Waals surface area contributed by atoms with Crippen LogP contribution in [0.15, 0.2) is 82.6 Å². The Morgan fingerprint density at radius 2 is 1.66 bits per heavy atom. The fraction of sp³-hybridized carbons (Fsp3) is 0.417. The van der Waals surface area contributed by atoms with E-state index in [-0.39, 0.29) is 5.41 Å². The summed E-state index contributed by atoms with van der Waals surface area (Å²) in [5.74, 6) is -1.41. The molecule has 0 aliphatic carbocycles. The predicted molar refractivity (Wildman–Crippen MR) is 188 cm³/mol. The molecule has 0 fully saturated rings. The van der Waals surface area contributed by atoms with Crippen LogP contribution in [0.3, 0.4) is 0 Å². The highest BCUT2D eigenvalue weighted by atomic mass is 32.2. The summed E-state index contributed by atoms with van der Waals surface area (Å²) in [6, 6.07) is 21.5. The summed E-state index contributed by atoms with van der Waals surface area (Å²) in [6.07, 6.45) is 8.20. The van der Waals surface area contributed by atoms with Crippen molar-refractivity contribution in [3.05, 3.63) is 78.4 Å². The number of hydrogen-bond acceptors (Lipinski definition) is 7. The number of anilines is 2. The zero-order valence-corrected chi connectivity index (χ0v) is 29.0. The molecule has 3 aromatic carbocycles. The van der Waals surface area contributed by atoms with Gasteiger partial charge in [0.1, 0.15) is 24.1 Å². The first kappa shape index (κ1) is 36.2. The smallest absolute Gasteiger partial charge is 0.322 e. The molecule has 0 radical (unpaired) electrons. The van der Waals surface area contributed by atoms with Crippen molar-refractivity contribution in [1.29, 1.82) is 0 Å². The van der Waals surface area contributed by atoms with Crippen LogP contribution in [0.1, 0.15) is 64.0 Å². The maximum atomic E-state index is 14.3. The van der Waals surface area contributed by atoms with E-state index in [0.29, 0.717) is 22.0 Å². The highest BCUT2D eigenvalue weighted by Crippen LogP contribution is 2.47. The molecular weight excluding hydrogens is 635 g/mol. The molecule has 3 aromatic rings. The monoisotopic (exact) mass is 679 g/mol. The molecule has 0 spiro atoms. The van der Waals surface area contributed by atoms with Gasteiger partial charge in [0.25, 0.3) is 5.91 Å². The average molecular weight is 680 g/mol. The van der Waals surface area contributed by atoms with Gasteiger partial charge < -0.3 is 29.9 Å². The quantitative estimate of drug-likeness (QED) is 0.116. The number of carbonyl (C=O) groups excluding carboxylic acids is 2. The molecule has 0 bridgehead atoms. The molecule has 0 aromatic heterocycles. The van der Waals surface area contributed by atoms with E-state index in [0.717, 1.165) is 61.3 Å². The van der Waals surface area contributed by atoms with E-state index in [1.54, 1.807) is 30.3 Å². The number of fused-ring (bicyclic) bond motifs is 1. The molecular formula is C36H45N3O6S2. The fourth-order valence-corrected chi connectivity index (χ4v) is 8.23. The van der Waals surface area contributed by atoms with Gasteiger partial charge in [-0.1, -0.05) is 88.1 Å². The van der Waals surface area contributed by atoms with Crippen LogP contribution in [-0.2, 0) is 25.6 Å². The summed E-state index contributed by atoms with van der Waals surface area (Å²) in [5, 5.41) is 14.0. The number of amides is 2. The maximum Gasteiger partial charge on any atom is 0.322 e. The van der Waals surface area contributed by atoms with Gasteiger partial charge in [-0.2, -0.15) is 0 Å². The third-order valence-electron chi connectivity index (χ3n) is 8.37. The molecule has 47 heavy (non-hydrogen) atoms. The number of para-hydroxylation sites is 1. The predicted octanol–water partition coefficient (Wildman–Crippen LogP) is 6.47. The summed E-state index contributed by atoms with van der Waals surface area (Å²) in [5.41, 5.74) is 2.30. The number of carboxylic acids is 1. The fourth-order valence-electron chi connectivity index (χ4n) is 5.94. The topological polar surface area (TPSA) is 131 Å². The normalized spacial score (nSPS) is 16.0. The van der Waals surface area contributed by atoms with Gasteiger partial charge in [0.15, 0.2) is 11.5 Å². The van der Waals surface area contributed by atoms with Crippen LogP contribution in [0.2, 0.25) is 0 Å². The van der Waals surface area contributed by atoms with Gasteiger partial charge in [-0.15, -0.1) is 11.8 Å². The third-order valence-corrected chi connectivity index (χ3v) is 10.8.